The topological polar surface area (TPSA) is 55.6 Å². The Labute approximate surface area is 110 Å². The molecule has 0 aromatic carbocycles. The molecule has 3 rings (SSSR count). The van der Waals surface area contributed by atoms with E-state index in [1.165, 1.54) is 12.5 Å². The number of hydrogen-bond acceptors (Lipinski definition) is 4. The summed E-state index contributed by atoms with van der Waals surface area (Å²) in [6.45, 7) is 1.31. The van der Waals surface area contributed by atoms with Gasteiger partial charge in [0.25, 0.3) is 5.91 Å². The van der Waals surface area contributed by atoms with Gasteiger partial charge in [-0.1, -0.05) is 0 Å². The predicted octanol–water partition coefficient (Wildman–Crippen LogP) is 1.97. The molecule has 0 aliphatic carbocycles. The molecule has 3 heterocycles. The molecule has 1 unspecified atom stereocenters. The minimum Gasteiger partial charge on any atom is -0.488 e. The molecule has 98 valence electrons. The third-order valence-corrected chi connectivity index (χ3v) is 3.15. The Morgan fingerprint density at radius 2 is 2.21 bits per heavy atom. The molecule has 2 aromatic rings. The molecule has 0 bridgehead atoms. The zero-order chi connectivity index (χ0) is 13.1. The number of furan rings is 1. The molecule has 5 nitrogen and oxygen atoms in total. The van der Waals surface area contributed by atoms with Crippen LogP contribution < -0.4 is 4.74 Å². The number of amides is 1. The van der Waals surface area contributed by atoms with Crippen LogP contribution in [0.3, 0.4) is 0 Å². The molecule has 0 N–H and O–H groups in total. The van der Waals surface area contributed by atoms with Crippen LogP contribution in [0.5, 0.6) is 5.75 Å². The summed E-state index contributed by atoms with van der Waals surface area (Å²) in [5.74, 6) is 0.784. The van der Waals surface area contributed by atoms with Crippen molar-refractivity contribution in [3.8, 4) is 5.75 Å². The third-order valence-electron chi connectivity index (χ3n) is 3.15. The van der Waals surface area contributed by atoms with E-state index in [0.717, 1.165) is 12.2 Å². The SMILES string of the molecule is O=C(c1ccoc1)N1CCC(Oc2ccncc2)C1. The zero-order valence-corrected chi connectivity index (χ0v) is 10.4. The van der Waals surface area contributed by atoms with Gasteiger partial charge in [-0.2, -0.15) is 0 Å². The first-order chi connectivity index (χ1) is 9.33. The lowest BCUT2D eigenvalue weighted by atomic mass is 10.3. The minimum absolute atomic E-state index is 0.00502. The van der Waals surface area contributed by atoms with Crippen molar-refractivity contribution < 1.29 is 13.9 Å². The summed E-state index contributed by atoms with van der Waals surface area (Å²) in [5.41, 5.74) is 0.588. The summed E-state index contributed by atoms with van der Waals surface area (Å²) in [5, 5.41) is 0. The van der Waals surface area contributed by atoms with Crippen molar-refractivity contribution in [2.75, 3.05) is 13.1 Å². The number of nitrogens with zero attached hydrogens (tertiary/aromatic N) is 2. The molecule has 1 atom stereocenters. The van der Waals surface area contributed by atoms with E-state index in [2.05, 4.69) is 4.98 Å². The van der Waals surface area contributed by atoms with Crippen molar-refractivity contribution in [1.29, 1.82) is 0 Å². The van der Waals surface area contributed by atoms with Crippen LogP contribution in [0, 0.1) is 0 Å². The lowest BCUT2D eigenvalue weighted by Crippen LogP contribution is -2.30. The number of rotatable bonds is 3. The Morgan fingerprint density at radius 3 is 2.95 bits per heavy atom. The molecule has 2 aromatic heterocycles. The number of carbonyl (C=O) groups is 1. The maximum absolute atomic E-state index is 12.1. The van der Waals surface area contributed by atoms with Crippen LogP contribution >= 0.6 is 0 Å². The Kier molecular flexibility index (Phi) is 3.18. The number of ether oxygens (including phenoxy) is 1. The summed E-state index contributed by atoms with van der Waals surface area (Å²) >= 11 is 0. The Balaban J connectivity index is 1.60. The highest BCUT2D eigenvalue weighted by Crippen LogP contribution is 2.19. The van der Waals surface area contributed by atoms with E-state index in [-0.39, 0.29) is 12.0 Å². The summed E-state index contributed by atoms with van der Waals surface area (Å²) in [6.07, 6.45) is 7.25. The molecule has 0 saturated carbocycles. The molecule has 0 spiro atoms. The predicted molar refractivity (Wildman–Crippen MR) is 67.9 cm³/mol. The van der Waals surface area contributed by atoms with Gasteiger partial charge >= 0.3 is 0 Å². The van der Waals surface area contributed by atoms with Gasteiger partial charge in [0.15, 0.2) is 0 Å². The number of aromatic nitrogens is 1. The van der Waals surface area contributed by atoms with Gasteiger partial charge < -0.3 is 14.1 Å². The second-order valence-electron chi connectivity index (χ2n) is 4.47. The van der Waals surface area contributed by atoms with Crippen LogP contribution in [-0.2, 0) is 0 Å². The van der Waals surface area contributed by atoms with Gasteiger partial charge in [0.2, 0.25) is 0 Å². The fraction of sp³-hybridized carbons (Fsp3) is 0.286. The van der Waals surface area contributed by atoms with Gasteiger partial charge in [-0.3, -0.25) is 9.78 Å². The highest BCUT2D eigenvalue weighted by atomic mass is 16.5. The van der Waals surface area contributed by atoms with Crippen LogP contribution in [0.15, 0.2) is 47.5 Å². The van der Waals surface area contributed by atoms with E-state index >= 15 is 0 Å². The van der Waals surface area contributed by atoms with Gasteiger partial charge in [-0.15, -0.1) is 0 Å². The molecule has 5 heteroatoms. The second-order valence-corrected chi connectivity index (χ2v) is 4.47. The first kappa shape index (κ1) is 11.8. The normalized spacial score (nSPS) is 18.5. The monoisotopic (exact) mass is 258 g/mol. The standard InChI is InChI=1S/C14H14N2O3/c17-14(11-4-8-18-10-11)16-7-3-13(9-16)19-12-1-5-15-6-2-12/h1-2,4-6,8,10,13H,3,7,9H2. The van der Waals surface area contributed by atoms with E-state index in [0.29, 0.717) is 18.7 Å². The molecule has 1 saturated heterocycles. The average Bonchev–Trinajstić information content (AvgIpc) is 3.10. The zero-order valence-electron chi connectivity index (χ0n) is 10.4. The van der Waals surface area contributed by atoms with Gasteiger partial charge in [0, 0.05) is 25.4 Å². The van der Waals surface area contributed by atoms with Crippen LogP contribution in [0.25, 0.3) is 0 Å². The van der Waals surface area contributed by atoms with Gasteiger partial charge in [-0.05, 0) is 18.2 Å². The van der Waals surface area contributed by atoms with Crippen molar-refractivity contribution >= 4 is 5.91 Å². The van der Waals surface area contributed by atoms with E-state index in [1.54, 1.807) is 23.4 Å². The number of pyridine rings is 1. The minimum atomic E-state index is -0.00502. The van der Waals surface area contributed by atoms with E-state index < -0.39 is 0 Å². The molecule has 1 fully saturated rings. The van der Waals surface area contributed by atoms with Crippen LogP contribution in [0.2, 0.25) is 0 Å². The van der Waals surface area contributed by atoms with Gasteiger partial charge in [0.05, 0.1) is 18.4 Å². The first-order valence-electron chi connectivity index (χ1n) is 6.21. The molecule has 0 radical (unpaired) electrons. The van der Waals surface area contributed by atoms with Crippen LogP contribution in [0.1, 0.15) is 16.8 Å². The fourth-order valence-corrected chi connectivity index (χ4v) is 2.19. The maximum Gasteiger partial charge on any atom is 0.257 e. The summed E-state index contributed by atoms with van der Waals surface area (Å²) in [7, 11) is 0. The number of hydrogen-bond donors (Lipinski definition) is 0. The molecule has 1 aliphatic rings. The van der Waals surface area contributed by atoms with E-state index in [4.69, 9.17) is 9.15 Å². The van der Waals surface area contributed by atoms with Crippen LogP contribution in [-0.4, -0.2) is 35.0 Å². The van der Waals surface area contributed by atoms with E-state index in [9.17, 15) is 4.79 Å². The van der Waals surface area contributed by atoms with Crippen molar-refractivity contribution in [2.24, 2.45) is 0 Å². The maximum atomic E-state index is 12.1. The Bertz CT molecular complexity index is 539. The number of carbonyl (C=O) groups excluding carboxylic acids is 1. The summed E-state index contributed by atoms with van der Waals surface area (Å²) in [6, 6.07) is 5.32. The second kappa shape index (κ2) is 5.14. The molecule has 1 aliphatic heterocycles. The highest BCUT2D eigenvalue weighted by Gasteiger charge is 2.28. The highest BCUT2D eigenvalue weighted by molar-refractivity contribution is 5.94. The molecular formula is C14H14N2O3. The smallest absolute Gasteiger partial charge is 0.257 e. The number of likely N-dealkylation sites (tertiary alicyclic amines) is 1. The van der Waals surface area contributed by atoms with E-state index in [1.807, 2.05) is 12.1 Å². The first-order valence-corrected chi connectivity index (χ1v) is 6.21. The lowest BCUT2D eigenvalue weighted by Gasteiger charge is -2.16. The van der Waals surface area contributed by atoms with Crippen molar-refractivity contribution in [2.45, 2.75) is 12.5 Å². The average molecular weight is 258 g/mol. The van der Waals surface area contributed by atoms with Crippen molar-refractivity contribution in [3.63, 3.8) is 0 Å². The largest absolute Gasteiger partial charge is 0.488 e. The molecule has 1 amide bonds. The molecule has 19 heavy (non-hydrogen) atoms. The summed E-state index contributed by atoms with van der Waals surface area (Å²) in [4.78, 5) is 17.8. The Hall–Kier alpha value is -2.30. The van der Waals surface area contributed by atoms with Gasteiger partial charge in [0.1, 0.15) is 18.1 Å². The summed E-state index contributed by atoms with van der Waals surface area (Å²) < 4.78 is 10.7. The quantitative estimate of drug-likeness (QED) is 0.844. The molecular weight excluding hydrogens is 244 g/mol. The van der Waals surface area contributed by atoms with Crippen molar-refractivity contribution in [1.82, 2.24) is 9.88 Å². The lowest BCUT2D eigenvalue weighted by molar-refractivity contribution is 0.0771. The van der Waals surface area contributed by atoms with Crippen molar-refractivity contribution in [3.05, 3.63) is 48.7 Å². The fourth-order valence-electron chi connectivity index (χ4n) is 2.19. The van der Waals surface area contributed by atoms with Gasteiger partial charge in [-0.25, -0.2) is 0 Å². The van der Waals surface area contributed by atoms with Crippen LogP contribution in [0.4, 0.5) is 0 Å². The third kappa shape index (κ3) is 2.59. The Morgan fingerprint density at radius 1 is 1.37 bits per heavy atom.